The zero-order valence-electron chi connectivity index (χ0n) is 9.32. The van der Waals surface area contributed by atoms with E-state index in [1.807, 2.05) is 25.2 Å². The third-order valence-electron chi connectivity index (χ3n) is 2.29. The highest BCUT2D eigenvalue weighted by Crippen LogP contribution is 2.23. The van der Waals surface area contributed by atoms with Crippen molar-refractivity contribution in [3.8, 4) is 0 Å². The van der Waals surface area contributed by atoms with Crippen LogP contribution in [0.3, 0.4) is 0 Å². The largest absolute Gasteiger partial charge is 0.306 e. The summed E-state index contributed by atoms with van der Waals surface area (Å²) in [6.45, 7) is 1.18. The number of hydrogen-bond donors (Lipinski definition) is 1. The number of nitrogens with zero attached hydrogens (tertiary/aromatic N) is 3. The Kier molecular flexibility index (Phi) is 3.99. The van der Waals surface area contributed by atoms with Crippen molar-refractivity contribution in [2.45, 2.75) is 13.1 Å². The lowest BCUT2D eigenvalue weighted by atomic mass is 10.2. The van der Waals surface area contributed by atoms with Crippen LogP contribution in [0.25, 0.3) is 0 Å². The normalized spacial score (nSPS) is 10.8. The molecule has 0 fully saturated rings. The van der Waals surface area contributed by atoms with Crippen molar-refractivity contribution in [1.29, 1.82) is 0 Å². The molecular weight excluding hydrogens is 259 g/mol. The molecule has 0 aliphatic rings. The quantitative estimate of drug-likeness (QED) is 0.928. The van der Waals surface area contributed by atoms with E-state index in [1.165, 1.54) is 0 Å². The van der Waals surface area contributed by atoms with Crippen LogP contribution in [-0.4, -0.2) is 14.8 Å². The smallest absolute Gasteiger partial charge is 0.164 e. The maximum Gasteiger partial charge on any atom is 0.164 e. The number of nitrogens with one attached hydrogen (secondary N) is 1. The Morgan fingerprint density at radius 1 is 1.24 bits per heavy atom. The highest BCUT2D eigenvalue weighted by Gasteiger charge is 2.05. The first kappa shape index (κ1) is 12.4. The van der Waals surface area contributed by atoms with Crippen LogP contribution in [0.15, 0.2) is 24.5 Å². The summed E-state index contributed by atoms with van der Waals surface area (Å²) in [7, 11) is 1.83. The van der Waals surface area contributed by atoms with E-state index in [-0.39, 0.29) is 0 Å². The maximum absolute atomic E-state index is 6.06. The fourth-order valence-corrected chi connectivity index (χ4v) is 2.00. The second kappa shape index (κ2) is 5.49. The molecule has 1 aromatic carbocycles. The molecule has 0 aliphatic carbocycles. The van der Waals surface area contributed by atoms with Gasteiger partial charge in [-0.2, -0.15) is 5.10 Å². The average Bonchev–Trinajstić information content (AvgIpc) is 2.69. The van der Waals surface area contributed by atoms with Gasteiger partial charge in [-0.3, -0.25) is 4.68 Å². The standard InChI is InChI=1S/C11H12Cl2N4/c1-17-7-15-11(16-17)6-14-5-8-9(12)3-2-4-10(8)13/h2-4,7,14H,5-6H2,1H3. The number of rotatable bonds is 4. The number of aryl methyl sites for hydroxylation is 1. The summed E-state index contributed by atoms with van der Waals surface area (Å²) in [5.41, 5.74) is 0.895. The van der Waals surface area contributed by atoms with Crippen molar-refractivity contribution >= 4 is 23.2 Å². The van der Waals surface area contributed by atoms with E-state index < -0.39 is 0 Å². The van der Waals surface area contributed by atoms with Gasteiger partial charge in [-0.15, -0.1) is 0 Å². The monoisotopic (exact) mass is 270 g/mol. The molecule has 0 saturated heterocycles. The molecular formula is C11H12Cl2N4. The summed E-state index contributed by atoms with van der Waals surface area (Å²) < 4.78 is 1.67. The van der Waals surface area contributed by atoms with Crippen LogP contribution >= 0.6 is 23.2 Å². The zero-order valence-corrected chi connectivity index (χ0v) is 10.8. The molecule has 6 heteroatoms. The van der Waals surface area contributed by atoms with E-state index in [9.17, 15) is 0 Å². The van der Waals surface area contributed by atoms with Crippen molar-refractivity contribution in [3.63, 3.8) is 0 Å². The molecule has 0 aliphatic heterocycles. The van der Waals surface area contributed by atoms with Crippen molar-refractivity contribution in [2.75, 3.05) is 0 Å². The molecule has 0 radical (unpaired) electrons. The van der Waals surface area contributed by atoms with Gasteiger partial charge >= 0.3 is 0 Å². The van der Waals surface area contributed by atoms with Crippen LogP contribution in [0.4, 0.5) is 0 Å². The van der Waals surface area contributed by atoms with Crippen LogP contribution in [0, 0.1) is 0 Å². The zero-order chi connectivity index (χ0) is 12.3. The fourth-order valence-electron chi connectivity index (χ4n) is 1.47. The predicted octanol–water partition coefficient (Wildman–Crippen LogP) is 2.41. The molecule has 90 valence electrons. The second-order valence-corrected chi connectivity index (χ2v) is 4.45. The summed E-state index contributed by atoms with van der Waals surface area (Å²) in [5, 5.41) is 8.70. The summed E-state index contributed by atoms with van der Waals surface area (Å²) >= 11 is 12.1. The minimum absolute atomic E-state index is 0.586. The van der Waals surface area contributed by atoms with Crippen molar-refractivity contribution in [3.05, 3.63) is 46.0 Å². The summed E-state index contributed by atoms with van der Waals surface area (Å²) in [5.74, 6) is 0.746. The van der Waals surface area contributed by atoms with Gasteiger partial charge in [-0.1, -0.05) is 29.3 Å². The van der Waals surface area contributed by atoms with Gasteiger partial charge in [0.25, 0.3) is 0 Å². The first-order valence-electron chi connectivity index (χ1n) is 5.15. The van der Waals surface area contributed by atoms with Gasteiger partial charge < -0.3 is 5.32 Å². The number of benzene rings is 1. The minimum Gasteiger partial charge on any atom is -0.306 e. The number of aromatic nitrogens is 3. The van der Waals surface area contributed by atoms with Crippen LogP contribution in [0.5, 0.6) is 0 Å². The van der Waals surface area contributed by atoms with Gasteiger partial charge in [0, 0.05) is 29.2 Å². The first-order valence-corrected chi connectivity index (χ1v) is 5.90. The Morgan fingerprint density at radius 3 is 2.53 bits per heavy atom. The molecule has 0 bridgehead atoms. The SMILES string of the molecule is Cn1cnc(CNCc2c(Cl)cccc2Cl)n1. The highest BCUT2D eigenvalue weighted by atomic mass is 35.5. The molecule has 1 heterocycles. The topological polar surface area (TPSA) is 42.7 Å². The van der Waals surface area contributed by atoms with Crippen LogP contribution in [-0.2, 0) is 20.1 Å². The summed E-state index contributed by atoms with van der Waals surface area (Å²) in [4.78, 5) is 4.12. The number of halogens is 2. The van der Waals surface area contributed by atoms with Gasteiger partial charge in [0.15, 0.2) is 5.82 Å². The van der Waals surface area contributed by atoms with Gasteiger partial charge in [-0.25, -0.2) is 4.98 Å². The van der Waals surface area contributed by atoms with Crippen LogP contribution < -0.4 is 5.32 Å². The van der Waals surface area contributed by atoms with E-state index in [2.05, 4.69) is 15.4 Å². The molecule has 0 unspecified atom stereocenters. The molecule has 4 nitrogen and oxygen atoms in total. The van der Waals surface area contributed by atoms with E-state index >= 15 is 0 Å². The van der Waals surface area contributed by atoms with E-state index in [1.54, 1.807) is 11.0 Å². The van der Waals surface area contributed by atoms with Crippen LogP contribution in [0.1, 0.15) is 11.4 Å². The van der Waals surface area contributed by atoms with Gasteiger partial charge in [-0.05, 0) is 12.1 Å². The Bertz CT molecular complexity index is 490. The third-order valence-corrected chi connectivity index (χ3v) is 3.00. The van der Waals surface area contributed by atoms with E-state index in [4.69, 9.17) is 23.2 Å². The maximum atomic E-state index is 6.06. The Morgan fingerprint density at radius 2 is 1.94 bits per heavy atom. The lowest BCUT2D eigenvalue weighted by Crippen LogP contribution is -2.14. The first-order chi connectivity index (χ1) is 8.16. The molecule has 1 N–H and O–H groups in total. The van der Waals surface area contributed by atoms with Gasteiger partial charge in [0.1, 0.15) is 6.33 Å². The Labute approximate surface area is 110 Å². The average molecular weight is 271 g/mol. The molecule has 0 atom stereocenters. The van der Waals surface area contributed by atoms with Gasteiger partial charge in [0.2, 0.25) is 0 Å². The third kappa shape index (κ3) is 3.19. The molecule has 0 spiro atoms. The van der Waals surface area contributed by atoms with Crippen LogP contribution in [0.2, 0.25) is 10.0 Å². The molecule has 17 heavy (non-hydrogen) atoms. The predicted molar refractivity (Wildman–Crippen MR) is 68.0 cm³/mol. The molecule has 2 rings (SSSR count). The lowest BCUT2D eigenvalue weighted by Gasteiger charge is -2.07. The molecule has 2 aromatic rings. The highest BCUT2D eigenvalue weighted by molar-refractivity contribution is 6.35. The van der Waals surface area contributed by atoms with E-state index in [0.717, 1.165) is 11.4 Å². The second-order valence-electron chi connectivity index (χ2n) is 3.64. The van der Waals surface area contributed by atoms with Crippen molar-refractivity contribution in [2.24, 2.45) is 7.05 Å². The molecule has 1 aromatic heterocycles. The van der Waals surface area contributed by atoms with Crippen molar-refractivity contribution in [1.82, 2.24) is 20.1 Å². The lowest BCUT2D eigenvalue weighted by molar-refractivity contribution is 0.649. The fraction of sp³-hybridized carbons (Fsp3) is 0.273. The Balaban J connectivity index is 1.94. The molecule has 0 saturated carbocycles. The minimum atomic E-state index is 0.586. The van der Waals surface area contributed by atoms with Gasteiger partial charge in [0.05, 0.1) is 6.54 Å². The number of hydrogen-bond acceptors (Lipinski definition) is 3. The van der Waals surface area contributed by atoms with E-state index in [0.29, 0.717) is 23.1 Å². The Hall–Kier alpha value is -1.10. The summed E-state index contributed by atoms with van der Waals surface area (Å²) in [6.07, 6.45) is 1.67. The summed E-state index contributed by atoms with van der Waals surface area (Å²) in [6, 6.07) is 5.47. The molecule has 0 amide bonds. The van der Waals surface area contributed by atoms with Crippen molar-refractivity contribution < 1.29 is 0 Å².